The summed E-state index contributed by atoms with van der Waals surface area (Å²) in [5.41, 5.74) is 6.63. The molecule has 0 aromatic carbocycles. The molecule has 0 spiro atoms. The van der Waals surface area contributed by atoms with Gasteiger partial charge in [0.05, 0.1) is 0 Å². The first kappa shape index (κ1) is 11.4. The zero-order valence-electron chi connectivity index (χ0n) is 9.72. The van der Waals surface area contributed by atoms with Crippen molar-refractivity contribution in [2.75, 3.05) is 20.1 Å². The molecule has 1 fully saturated rings. The van der Waals surface area contributed by atoms with Gasteiger partial charge in [-0.3, -0.25) is 0 Å². The fourth-order valence-corrected chi connectivity index (χ4v) is 2.06. The van der Waals surface area contributed by atoms with Crippen LogP contribution >= 0.6 is 0 Å². The summed E-state index contributed by atoms with van der Waals surface area (Å²) >= 11 is 0. The van der Waals surface area contributed by atoms with Crippen molar-refractivity contribution in [3.63, 3.8) is 0 Å². The molecule has 16 heavy (non-hydrogen) atoms. The van der Waals surface area contributed by atoms with Crippen molar-refractivity contribution in [2.24, 2.45) is 5.73 Å². The van der Waals surface area contributed by atoms with E-state index < -0.39 is 0 Å². The van der Waals surface area contributed by atoms with Crippen LogP contribution in [0.25, 0.3) is 0 Å². The Bertz CT molecular complexity index is 343. The fraction of sp³-hybridized carbons (Fsp3) is 0.583. The average molecular weight is 221 g/mol. The van der Waals surface area contributed by atoms with Crippen molar-refractivity contribution in [2.45, 2.75) is 25.5 Å². The summed E-state index contributed by atoms with van der Waals surface area (Å²) in [5, 5.41) is 0. The Kier molecular flexibility index (Phi) is 3.74. The first-order valence-electron chi connectivity index (χ1n) is 5.78. The molecular weight excluding hydrogens is 202 g/mol. The lowest BCUT2D eigenvalue weighted by Gasteiger charge is -2.30. The molecule has 0 saturated carbocycles. The number of hydrogen-bond acceptors (Lipinski definition) is 4. The van der Waals surface area contributed by atoms with Crippen molar-refractivity contribution in [3.8, 4) is 5.88 Å². The minimum absolute atomic E-state index is 0.249. The topological polar surface area (TPSA) is 51.4 Å². The summed E-state index contributed by atoms with van der Waals surface area (Å²) < 4.78 is 5.91. The predicted molar refractivity (Wildman–Crippen MR) is 63.3 cm³/mol. The Morgan fingerprint density at radius 3 is 3.25 bits per heavy atom. The summed E-state index contributed by atoms with van der Waals surface area (Å²) in [7, 11) is 2.12. The van der Waals surface area contributed by atoms with Crippen molar-refractivity contribution in [1.82, 2.24) is 9.88 Å². The van der Waals surface area contributed by atoms with Gasteiger partial charge in [-0.1, -0.05) is 6.07 Å². The van der Waals surface area contributed by atoms with E-state index >= 15 is 0 Å². The van der Waals surface area contributed by atoms with Gasteiger partial charge in [0.25, 0.3) is 0 Å². The molecule has 1 unspecified atom stereocenters. The minimum atomic E-state index is 0.249. The van der Waals surface area contributed by atoms with Crippen LogP contribution in [0.3, 0.4) is 0 Å². The largest absolute Gasteiger partial charge is 0.473 e. The molecule has 0 bridgehead atoms. The molecule has 2 rings (SSSR count). The molecule has 1 aromatic rings. The van der Waals surface area contributed by atoms with Gasteiger partial charge >= 0.3 is 0 Å². The van der Waals surface area contributed by atoms with E-state index in [4.69, 9.17) is 10.5 Å². The number of aromatic nitrogens is 1. The molecule has 88 valence electrons. The van der Waals surface area contributed by atoms with Crippen molar-refractivity contribution >= 4 is 0 Å². The number of rotatable bonds is 3. The Hall–Kier alpha value is -1.13. The summed E-state index contributed by atoms with van der Waals surface area (Å²) in [6.07, 6.45) is 4.29. The van der Waals surface area contributed by atoms with Gasteiger partial charge in [0, 0.05) is 24.8 Å². The molecule has 0 radical (unpaired) electrons. The van der Waals surface area contributed by atoms with Crippen LogP contribution in [-0.2, 0) is 6.54 Å². The second kappa shape index (κ2) is 5.27. The normalized spacial score (nSPS) is 22.0. The summed E-state index contributed by atoms with van der Waals surface area (Å²) in [6.45, 7) is 2.61. The molecule has 4 heteroatoms. The molecule has 1 aromatic heterocycles. The van der Waals surface area contributed by atoms with Gasteiger partial charge in [-0.2, -0.15) is 0 Å². The summed E-state index contributed by atoms with van der Waals surface area (Å²) in [4.78, 5) is 6.54. The van der Waals surface area contributed by atoms with E-state index in [1.165, 1.54) is 6.42 Å². The van der Waals surface area contributed by atoms with Crippen LogP contribution in [0.15, 0.2) is 18.3 Å². The Morgan fingerprint density at radius 2 is 2.50 bits per heavy atom. The molecule has 2 N–H and O–H groups in total. The number of ether oxygens (including phenoxy) is 1. The highest BCUT2D eigenvalue weighted by molar-refractivity contribution is 5.25. The van der Waals surface area contributed by atoms with E-state index in [0.717, 1.165) is 25.1 Å². The number of hydrogen-bond donors (Lipinski definition) is 1. The van der Waals surface area contributed by atoms with E-state index in [2.05, 4.69) is 16.9 Å². The number of nitrogens with two attached hydrogens (primary N) is 1. The van der Waals surface area contributed by atoms with Crippen LogP contribution in [0.5, 0.6) is 5.88 Å². The molecule has 0 aliphatic carbocycles. The Labute approximate surface area is 96.4 Å². The van der Waals surface area contributed by atoms with Crippen LogP contribution in [0.4, 0.5) is 0 Å². The zero-order valence-corrected chi connectivity index (χ0v) is 9.72. The average Bonchev–Trinajstić information content (AvgIpc) is 2.30. The molecule has 1 aliphatic rings. The van der Waals surface area contributed by atoms with E-state index in [-0.39, 0.29) is 6.10 Å². The SMILES string of the molecule is CN1CCCC(Oc2ncccc2CN)C1. The molecule has 1 aliphatic heterocycles. The van der Waals surface area contributed by atoms with E-state index in [0.29, 0.717) is 12.4 Å². The Balaban J connectivity index is 2.02. The third-order valence-corrected chi connectivity index (χ3v) is 2.93. The van der Waals surface area contributed by atoms with Gasteiger partial charge in [-0.05, 0) is 32.5 Å². The van der Waals surface area contributed by atoms with Crippen molar-refractivity contribution in [3.05, 3.63) is 23.9 Å². The van der Waals surface area contributed by atoms with E-state index in [1.54, 1.807) is 6.20 Å². The van der Waals surface area contributed by atoms with Gasteiger partial charge in [0.1, 0.15) is 6.10 Å². The first-order valence-corrected chi connectivity index (χ1v) is 5.78. The third-order valence-electron chi connectivity index (χ3n) is 2.93. The first-order chi connectivity index (χ1) is 7.79. The standard InChI is InChI=1S/C12H19N3O/c1-15-7-3-5-11(9-15)16-12-10(8-13)4-2-6-14-12/h2,4,6,11H,3,5,7-9,13H2,1H3. The molecular formula is C12H19N3O. The molecule has 2 heterocycles. The highest BCUT2D eigenvalue weighted by atomic mass is 16.5. The number of likely N-dealkylation sites (tertiary alicyclic amines) is 1. The molecule has 4 nitrogen and oxygen atoms in total. The molecule has 1 atom stereocenters. The van der Waals surface area contributed by atoms with Gasteiger partial charge in [-0.25, -0.2) is 4.98 Å². The van der Waals surface area contributed by atoms with Crippen molar-refractivity contribution < 1.29 is 4.74 Å². The van der Waals surface area contributed by atoms with Crippen LogP contribution < -0.4 is 10.5 Å². The maximum absolute atomic E-state index is 5.91. The lowest BCUT2D eigenvalue weighted by atomic mass is 10.1. The van der Waals surface area contributed by atoms with Crippen molar-refractivity contribution in [1.29, 1.82) is 0 Å². The second-order valence-electron chi connectivity index (χ2n) is 4.32. The summed E-state index contributed by atoms with van der Waals surface area (Å²) in [5.74, 6) is 0.699. The third kappa shape index (κ3) is 2.71. The monoisotopic (exact) mass is 221 g/mol. The predicted octanol–water partition coefficient (Wildman–Crippen LogP) is 1.01. The highest BCUT2D eigenvalue weighted by Crippen LogP contribution is 2.19. The molecule has 0 amide bonds. The van der Waals surface area contributed by atoms with Gasteiger partial charge in [-0.15, -0.1) is 0 Å². The van der Waals surface area contributed by atoms with E-state index in [9.17, 15) is 0 Å². The maximum atomic E-state index is 5.91. The van der Waals surface area contributed by atoms with Crippen LogP contribution in [-0.4, -0.2) is 36.1 Å². The second-order valence-corrected chi connectivity index (χ2v) is 4.32. The highest BCUT2D eigenvalue weighted by Gasteiger charge is 2.19. The zero-order chi connectivity index (χ0) is 11.4. The van der Waals surface area contributed by atoms with Crippen LogP contribution in [0.1, 0.15) is 18.4 Å². The number of piperidine rings is 1. The number of nitrogens with zero attached hydrogens (tertiary/aromatic N) is 2. The lowest BCUT2D eigenvalue weighted by molar-refractivity contribution is 0.0990. The lowest BCUT2D eigenvalue weighted by Crippen LogP contribution is -2.38. The van der Waals surface area contributed by atoms with Gasteiger partial charge in [0.15, 0.2) is 0 Å². The quantitative estimate of drug-likeness (QED) is 0.827. The minimum Gasteiger partial charge on any atom is -0.473 e. The van der Waals surface area contributed by atoms with Gasteiger partial charge < -0.3 is 15.4 Å². The van der Waals surface area contributed by atoms with E-state index in [1.807, 2.05) is 12.1 Å². The smallest absolute Gasteiger partial charge is 0.218 e. The summed E-state index contributed by atoms with van der Waals surface area (Å²) in [6, 6.07) is 3.86. The maximum Gasteiger partial charge on any atom is 0.218 e. The van der Waals surface area contributed by atoms with Crippen LogP contribution in [0, 0.1) is 0 Å². The fourth-order valence-electron chi connectivity index (χ4n) is 2.06. The molecule has 1 saturated heterocycles. The van der Waals surface area contributed by atoms with Gasteiger partial charge in [0.2, 0.25) is 5.88 Å². The Morgan fingerprint density at radius 1 is 1.62 bits per heavy atom. The number of pyridine rings is 1. The number of likely N-dealkylation sites (N-methyl/N-ethyl adjacent to an activating group) is 1. The van der Waals surface area contributed by atoms with Crippen LogP contribution in [0.2, 0.25) is 0 Å².